The number of nitrogens with one attached hydrogen (secondary N) is 1. The van der Waals surface area contributed by atoms with Crippen molar-refractivity contribution in [2.75, 3.05) is 11.1 Å². The first-order chi connectivity index (χ1) is 17.5. The summed E-state index contributed by atoms with van der Waals surface area (Å²) in [4.78, 5) is 28.1. The third-order valence-electron chi connectivity index (χ3n) is 6.33. The van der Waals surface area contributed by atoms with E-state index in [0.29, 0.717) is 5.69 Å². The third-order valence-corrected chi connectivity index (χ3v) is 8.22. The standard InChI is InChI=1S/C28H22N2O5S2/c1-15-7-10-19(13-16(15)2)36-18-11-8-17(9-12-18)30-22-14-23(37(33,34)35)26(29)25-24(22)27(31)20-5-3-4-6-21(20)28(25)32/h3-14,30H,29H2,1-2H3,(H,33,34,35). The number of nitrogens with two attached hydrogens (primary N) is 1. The predicted octanol–water partition coefficient (Wildman–Crippen LogP) is 5.80. The summed E-state index contributed by atoms with van der Waals surface area (Å²) in [7, 11) is -4.78. The van der Waals surface area contributed by atoms with Gasteiger partial charge >= 0.3 is 0 Å². The van der Waals surface area contributed by atoms with Crippen molar-refractivity contribution < 1.29 is 22.6 Å². The van der Waals surface area contributed by atoms with Crippen molar-refractivity contribution in [2.24, 2.45) is 0 Å². The van der Waals surface area contributed by atoms with E-state index >= 15 is 0 Å². The lowest BCUT2D eigenvalue weighted by Gasteiger charge is -2.23. The van der Waals surface area contributed by atoms with Gasteiger partial charge in [-0.1, -0.05) is 42.1 Å². The number of rotatable bonds is 5. The van der Waals surface area contributed by atoms with Crippen LogP contribution in [0, 0.1) is 13.8 Å². The average molecular weight is 531 g/mol. The molecule has 0 unspecified atom stereocenters. The zero-order valence-electron chi connectivity index (χ0n) is 19.9. The molecule has 4 aromatic carbocycles. The topological polar surface area (TPSA) is 127 Å². The Morgan fingerprint density at radius 3 is 1.97 bits per heavy atom. The van der Waals surface area contributed by atoms with Gasteiger partial charge in [0.15, 0.2) is 11.6 Å². The second kappa shape index (κ2) is 9.19. The van der Waals surface area contributed by atoms with Crippen molar-refractivity contribution in [3.05, 3.63) is 106 Å². The van der Waals surface area contributed by atoms with Crippen molar-refractivity contribution >= 4 is 50.5 Å². The average Bonchev–Trinajstić information content (AvgIpc) is 2.86. The van der Waals surface area contributed by atoms with Crippen LogP contribution < -0.4 is 11.1 Å². The molecular formula is C28H22N2O5S2. The maximum absolute atomic E-state index is 13.4. The first-order valence-electron chi connectivity index (χ1n) is 11.3. The Bertz CT molecular complexity index is 1710. The number of anilines is 3. The van der Waals surface area contributed by atoms with Crippen LogP contribution in [-0.4, -0.2) is 24.5 Å². The molecule has 0 bridgehead atoms. The first kappa shape index (κ1) is 24.8. The smallest absolute Gasteiger partial charge is 0.296 e. The Morgan fingerprint density at radius 2 is 1.38 bits per heavy atom. The van der Waals surface area contributed by atoms with Gasteiger partial charge in [0.25, 0.3) is 10.1 Å². The fourth-order valence-corrected chi connectivity index (χ4v) is 5.84. The minimum Gasteiger partial charge on any atom is -0.397 e. The van der Waals surface area contributed by atoms with Gasteiger partial charge in [0.2, 0.25) is 0 Å². The second-order valence-corrected chi connectivity index (χ2v) is 11.3. The molecule has 186 valence electrons. The molecule has 0 radical (unpaired) electrons. The number of nitrogen functional groups attached to an aromatic ring is 1. The molecule has 1 aliphatic carbocycles. The van der Waals surface area contributed by atoms with Crippen LogP contribution in [0.15, 0.2) is 87.5 Å². The van der Waals surface area contributed by atoms with Gasteiger partial charge in [-0.2, -0.15) is 8.42 Å². The molecule has 4 N–H and O–H groups in total. The Kier molecular flexibility index (Phi) is 6.15. The lowest BCUT2D eigenvalue weighted by atomic mass is 9.82. The summed E-state index contributed by atoms with van der Waals surface area (Å²) < 4.78 is 34.0. The van der Waals surface area contributed by atoms with Gasteiger partial charge in [-0.15, -0.1) is 0 Å². The monoisotopic (exact) mass is 530 g/mol. The fourth-order valence-electron chi connectivity index (χ4n) is 4.28. The van der Waals surface area contributed by atoms with E-state index in [9.17, 15) is 22.6 Å². The highest BCUT2D eigenvalue weighted by molar-refractivity contribution is 7.99. The molecule has 0 amide bonds. The molecule has 0 spiro atoms. The van der Waals surface area contributed by atoms with Gasteiger partial charge in [0.05, 0.1) is 22.5 Å². The summed E-state index contributed by atoms with van der Waals surface area (Å²) >= 11 is 1.59. The van der Waals surface area contributed by atoms with Crippen molar-refractivity contribution in [3.8, 4) is 0 Å². The number of ketones is 2. The third kappa shape index (κ3) is 4.53. The van der Waals surface area contributed by atoms with E-state index in [0.717, 1.165) is 15.9 Å². The largest absolute Gasteiger partial charge is 0.397 e. The van der Waals surface area contributed by atoms with E-state index in [-0.39, 0.29) is 27.9 Å². The van der Waals surface area contributed by atoms with E-state index in [2.05, 4.69) is 37.4 Å². The number of carbonyl (C=O) groups is 2. The van der Waals surface area contributed by atoms with Gasteiger partial charge in [-0.25, -0.2) is 0 Å². The van der Waals surface area contributed by atoms with E-state index in [1.165, 1.54) is 23.3 Å². The normalized spacial score (nSPS) is 12.7. The summed E-state index contributed by atoms with van der Waals surface area (Å²) in [5.74, 6) is -1.06. The number of benzene rings is 4. The summed E-state index contributed by atoms with van der Waals surface area (Å²) in [6, 6.07) is 20.9. The van der Waals surface area contributed by atoms with Crippen LogP contribution in [0.3, 0.4) is 0 Å². The Hall–Kier alpha value is -3.92. The lowest BCUT2D eigenvalue weighted by Crippen LogP contribution is -2.25. The summed E-state index contributed by atoms with van der Waals surface area (Å²) in [6.45, 7) is 4.12. The zero-order valence-corrected chi connectivity index (χ0v) is 21.5. The van der Waals surface area contributed by atoms with E-state index < -0.39 is 32.3 Å². The molecule has 9 heteroatoms. The number of hydrogen-bond donors (Lipinski definition) is 3. The molecule has 7 nitrogen and oxygen atoms in total. The molecule has 5 rings (SSSR count). The summed E-state index contributed by atoms with van der Waals surface area (Å²) in [5.41, 5.74) is 8.63. The van der Waals surface area contributed by atoms with Crippen LogP contribution in [0.25, 0.3) is 0 Å². The van der Waals surface area contributed by atoms with Gasteiger partial charge in [0.1, 0.15) is 4.90 Å². The Labute approximate surface area is 218 Å². The number of fused-ring (bicyclic) bond motifs is 2. The van der Waals surface area contributed by atoms with E-state index in [1.54, 1.807) is 36.0 Å². The molecule has 0 atom stereocenters. The molecule has 0 fully saturated rings. The maximum Gasteiger partial charge on any atom is 0.296 e. The number of hydrogen-bond acceptors (Lipinski definition) is 7. The maximum atomic E-state index is 13.4. The van der Waals surface area contributed by atoms with Crippen LogP contribution in [0.5, 0.6) is 0 Å². The van der Waals surface area contributed by atoms with E-state index in [4.69, 9.17) is 5.73 Å². The van der Waals surface area contributed by atoms with Crippen molar-refractivity contribution in [1.29, 1.82) is 0 Å². The van der Waals surface area contributed by atoms with Crippen LogP contribution in [-0.2, 0) is 10.1 Å². The minimum absolute atomic E-state index is 0.0396. The van der Waals surface area contributed by atoms with Crippen molar-refractivity contribution in [2.45, 2.75) is 28.5 Å². The summed E-state index contributed by atoms with van der Waals surface area (Å²) in [6.07, 6.45) is 0. The highest BCUT2D eigenvalue weighted by Gasteiger charge is 2.36. The fraction of sp³-hybridized carbons (Fsp3) is 0.0714. The minimum atomic E-state index is -4.78. The molecule has 37 heavy (non-hydrogen) atoms. The molecular weight excluding hydrogens is 508 g/mol. The molecule has 1 aliphatic rings. The van der Waals surface area contributed by atoms with Crippen LogP contribution in [0.1, 0.15) is 43.0 Å². The SMILES string of the molecule is Cc1ccc(Sc2ccc(Nc3cc(S(=O)(=O)O)c(N)c4c3C(=O)c3ccccc3C4=O)cc2)cc1C. The summed E-state index contributed by atoms with van der Waals surface area (Å²) in [5, 5.41) is 3.05. The molecule has 0 saturated carbocycles. The van der Waals surface area contributed by atoms with Gasteiger partial charge in [-0.3, -0.25) is 14.1 Å². The van der Waals surface area contributed by atoms with Crippen LogP contribution >= 0.6 is 11.8 Å². The Balaban J connectivity index is 1.55. The molecule has 0 aromatic heterocycles. The van der Waals surface area contributed by atoms with Crippen molar-refractivity contribution in [1.82, 2.24) is 0 Å². The molecule has 0 heterocycles. The second-order valence-electron chi connectivity index (χ2n) is 8.76. The zero-order chi connectivity index (χ0) is 26.5. The molecule has 0 saturated heterocycles. The van der Waals surface area contributed by atoms with E-state index in [1.807, 2.05) is 12.1 Å². The van der Waals surface area contributed by atoms with Gasteiger partial charge < -0.3 is 11.1 Å². The van der Waals surface area contributed by atoms with Crippen LogP contribution in [0.2, 0.25) is 0 Å². The predicted molar refractivity (Wildman–Crippen MR) is 144 cm³/mol. The highest BCUT2D eigenvalue weighted by atomic mass is 32.2. The number of carbonyl (C=O) groups excluding carboxylic acids is 2. The molecule has 0 aliphatic heterocycles. The lowest BCUT2D eigenvalue weighted by molar-refractivity contribution is 0.0980. The van der Waals surface area contributed by atoms with Gasteiger partial charge in [-0.05, 0) is 67.4 Å². The first-order valence-corrected chi connectivity index (χ1v) is 13.5. The molecule has 4 aromatic rings. The number of aryl methyl sites for hydroxylation is 2. The quantitative estimate of drug-likeness (QED) is 0.192. The van der Waals surface area contributed by atoms with Gasteiger partial charge in [0, 0.05) is 26.6 Å². The van der Waals surface area contributed by atoms with Crippen LogP contribution in [0.4, 0.5) is 17.1 Å². The van der Waals surface area contributed by atoms with Crippen molar-refractivity contribution in [3.63, 3.8) is 0 Å². The highest BCUT2D eigenvalue weighted by Crippen LogP contribution is 2.40. The Morgan fingerprint density at radius 1 is 0.784 bits per heavy atom.